The quantitative estimate of drug-likeness (QED) is 0.500. The largest absolute Gasteiger partial charge is 0.416 e. The van der Waals surface area contributed by atoms with Gasteiger partial charge >= 0.3 is 6.18 Å². The topological polar surface area (TPSA) is 102 Å². The Balaban J connectivity index is 1.73. The molecule has 1 amide bonds. The van der Waals surface area contributed by atoms with Crippen molar-refractivity contribution in [2.24, 2.45) is 5.73 Å². The van der Waals surface area contributed by atoms with Crippen molar-refractivity contribution in [1.82, 2.24) is 25.0 Å². The summed E-state index contributed by atoms with van der Waals surface area (Å²) in [5.41, 5.74) is 6.79. The van der Waals surface area contributed by atoms with Gasteiger partial charge in [0.05, 0.1) is 22.9 Å². The van der Waals surface area contributed by atoms with Crippen molar-refractivity contribution in [3.05, 3.63) is 65.6 Å². The molecule has 0 radical (unpaired) electrons. The summed E-state index contributed by atoms with van der Waals surface area (Å²) >= 11 is 0. The molecule has 0 aliphatic carbocycles. The van der Waals surface area contributed by atoms with Crippen LogP contribution in [0.2, 0.25) is 0 Å². The highest BCUT2D eigenvalue weighted by atomic mass is 19.4. The fourth-order valence-electron chi connectivity index (χ4n) is 3.06. The van der Waals surface area contributed by atoms with Crippen LogP contribution in [-0.2, 0) is 11.0 Å². The first-order valence-electron chi connectivity index (χ1n) is 8.76. The lowest BCUT2D eigenvalue weighted by molar-refractivity contribution is -0.137. The van der Waals surface area contributed by atoms with E-state index in [4.69, 9.17) is 5.73 Å². The van der Waals surface area contributed by atoms with E-state index in [0.29, 0.717) is 11.1 Å². The van der Waals surface area contributed by atoms with E-state index in [-0.39, 0.29) is 17.0 Å². The van der Waals surface area contributed by atoms with E-state index in [1.165, 1.54) is 17.2 Å². The number of aromatic amines is 1. The van der Waals surface area contributed by atoms with Crippen LogP contribution in [0.15, 0.2) is 48.9 Å². The van der Waals surface area contributed by atoms with E-state index in [1.807, 2.05) is 0 Å². The molecule has 2 heterocycles. The number of hydrogen-bond acceptors (Lipinski definition) is 4. The van der Waals surface area contributed by atoms with Gasteiger partial charge in [0.25, 0.3) is 5.91 Å². The van der Waals surface area contributed by atoms with Crippen molar-refractivity contribution in [3.8, 4) is 11.4 Å². The third-order valence-corrected chi connectivity index (χ3v) is 4.45. The monoisotopic (exact) mass is 412 g/mol. The van der Waals surface area contributed by atoms with E-state index >= 15 is 0 Å². The zero-order chi connectivity index (χ0) is 21.5. The molecule has 0 fully saturated rings. The van der Waals surface area contributed by atoms with Gasteiger partial charge in [0.2, 0.25) is 0 Å². The van der Waals surface area contributed by atoms with E-state index < -0.39 is 17.6 Å². The third kappa shape index (κ3) is 3.79. The van der Waals surface area contributed by atoms with Gasteiger partial charge in [-0.05, 0) is 42.3 Å². The van der Waals surface area contributed by atoms with Crippen LogP contribution >= 0.6 is 0 Å². The molecular formula is C20H15F3N6O. The highest BCUT2D eigenvalue weighted by Gasteiger charge is 2.31. The molecule has 2 aromatic heterocycles. The Morgan fingerprint density at radius 1 is 1.20 bits per heavy atom. The lowest BCUT2D eigenvalue weighted by Gasteiger charge is -2.09. The maximum absolute atomic E-state index is 13.1. The molecule has 3 N–H and O–H groups in total. The van der Waals surface area contributed by atoms with Crippen LogP contribution in [0.3, 0.4) is 0 Å². The number of H-pyrrole nitrogens is 1. The summed E-state index contributed by atoms with van der Waals surface area (Å²) in [4.78, 5) is 16.1. The average Bonchev–Trinajstić information content (AvgIpc) is 3.33. The molecule has 10 heteroatoms. The second-order valence-electron chi connectivity index (χ2n) is 6.71. The van der Waals surface area contributed by atoms with Crippen molar-refractivity contribution in [2.75, 3.05) is 0 Å². The standard InChI is InChI=1S/C20H15F3N6O/c1-11-4-14(6-15(5-11)20(21,22)23)19-25-10-29(28-19)9-16(18(24)30)12-2-3-13-8-26-27-17(13)7-12/h2-10H,1H3,(H2,24,30)(H,26,27)/b16-9+. The number of benzene rings is 2. The second kappa shape index (κ2) is 7.14. The van der Waals surface area contributed by atoms with Crippen molar-refractivity contribution in [2.45, 2.75) is 13.1 Å². The van der Waals surface area contributed by atoms with Crippen molar-refractivity contribution < 1.29 is 18.0 Å². The molecule has 0 saturated carbocycles. The number of nitrogens with one attached hydrogen (secondary N) is 1. The maximum atomic E-state index is 13.1. The Bertz CT molecular complexity index is 1290. The van der Waals surface area contributed by atoms with Crippen LogP contribution in [0.4, 0.5) is 13.2 Å². The number of hydrogen-bond donors (Lipinski definition) is 2. The Labute approximate surface area is 168 Å². The van der Waals surface area contributed by atoms with Crippen LogP contribution in [0.25, 0.3) is 34.1 Å². The normalized spacial score (nSPS) is 12.5. The molecule has 0 bridgehead atoms. The fraction of sp³-hybridized carbons (Fsp3) is 0.100. The Hall–Kier alpha value is -3.95. The van der Waals surface area contributed by atoms with Gasteiger partial charge in [0.1, 0.15) is 6.33 Å². The zero-order valence-electron chi connectivity index (χ0n) is 15.6. The van der Waals surface area contributed by atoms with E-state index in [0.717, 1.165) is 23.0 Å². The molecule has 4 aromatic rings. The molecule has 4 rings (SSSR count). The van der Waals surface area contributed by atoms with Gasteiger partial charge < -0.3 is 5.73 Å². The Morgan fingerprint density at radius 2 is 2.00 bits per heavy atom. The first-order valence-corrected chi connectivity index (χ1v) is 8.76. The maximum Gasteiger partial charge on any atom is 0.416 e. The number of carbonyl (C=O) groups is 1. The van der Waals surface area contributed by atoms with Gasteiger partial charge in [0, 0.05) is 17.1 Å². The van der Waals surface area contributed by atoms with Crippen LogP contribution < -0.4 is 5.73 Å². The number of halogens is 3. The fourth-order valence-corrected chi connectivity index (χ4v) is 3.06. The first-order chi connectivity index (χ1) is 14.2. The number of aromatic nitrogens is 5. The van der Waals surface area contributed by atoms with Gasteiger partial charge in [-0.1, -0.05) is 12.1 Å². The molecule has 30 heavy (non-hydrogen) atoms. The van der Waals surface area contributed by atoms with Crippen LogP contribution in [0, 0.1) is 6.92 Å². The second-order valence-corrected chi connectivity index (χ2v) is 6.71. The predicted molar refractivity (Wildman–Crippen MR) is 105 cm³/mol. The van der Waals surface area contributed by atoms with Gasteiger partial charge in [-0.15, -0.1) is 5.10 Å². The molecule has 0 saturated heterocycles. The lowest BCUT2D eigenvalue weighted by Crippen LogP contribution is -2.13. The molecule has 0 atom stereocenters. The van der Waals surface area contributed by atoms with Crippen LogP contribution in [0.1, 0.15) is 16.7 Å². The number of rotatable bonds is 4. The van der Waals surface area contributed by atoms with Crippen molar-refractivity contribution in [3.63, 3.8) is 0 Å². The van der Waals surface area contributed by atoms with Crippen LogP contribution in [0.5, 0.6) is 0 Å². The SMILES string of the molecule is Cc1cc(-c2ncn(/C=C(/C(N)=O)c3ccc4cn[nH]c4c3)n2)cc(C(F)(F)F)c1. The van der Waals surface area contributed by atoms with Crippen LogP contribution in [-0.4, -0.2) is 30.9 Å². The van der Waals surface area contributed by atoms with Crippen molar-refractivity contribution >= 4 is 28.6 Å². The average molecular weight is 412 g/mol. The predicted octanol–water partition coefficient (Wildman–Crippen LogP) is 3.63. The minimum Gasteiger partial charge on any atom is -0.366 e. The number of fused-ring (bicyclic) bond motifs is 1. The molecule has 0 spiro atoms. The number of carbonyl (C=O) groups excluding carboxylic acids is 1. The molecular weight excluding hydrogens is 397 g/mol. The minimum absolute atomic E-state index is 0.0910. The number of amides is 1. The molecule has 0 unspecified atom stereocenters. The summed E-state index contributed by atoms with van der Waals surface area (Å²) in [6.07, 6.45) is -0.166. The van der Waals surface area contributed by atoms with Gasteiger partial charge in [0.15, 0.2) is 5.82 Å². The van der Waals surface area contributed by atoms with Gasteiger partial charge in [-0.25, -0.2) is 9.67 Å². The number of alkyl halides is 3. The van der Waals surface area contributed by atoms with Gasteiger partial charge in [-0.2, -0.15) is 18.3 Å². The van der Waals surface area contributed by atoms with E-state index in [1.54, 1.807) is 37.4 Å². The molecule has 0 aliphatic heterocycles. The third-order valence-electron chi connectivity index (χ3n) is 4.45. The first kappa shape index (κ1) is 19.4. The number of nitrogens with zero attached hydrogens (tertiary/aromatic N) is 4. The smallest absolute Gasteiger partial charge is 0.366 e. The van der Waals surface area contributed by atoms with Crippen molar-refractivity contribution in [1.29, 1.82) is 0 Å². The highest BCUT2D eigenvalue weighted by Crippen LogP contribution is 2.32. The summed E-state index contributed by atoms with van der Waals surface area (Å²) in [5, 5.41) is 11.8. The van der Waals surface area contributed by atoms with E-state index in [2.05, 4.69) is 20.3 Å². The molecule has 2 aromatic carbocycles. The Kier molecular flexibility index (Phi) is 4.61. The zero-order valence-corrected chi connectivity index (χ0v) is 15.6. The summed E-state index contributed by atoms with van der Waals surface area (Å²) in [6.45, 7) is 1.56. The van der Waals surface area contributed by atoms with Gasteiger partial charge in [-0.3, -0.25) is 9.89 Å². The number of primary amides is 1. The highest BCUT2D eigenvalue weighted by molar-refractivity contribution is 6.22. The minimum atomic E-state index is -4.48. The summed E-state index contributed by atoms with van der Waals surface area (Å²) < 4.78 is 40.5. The van der Waals surface area contributed by atoms with E-state index in [9.17, 15) is 18.0 Å². The molecule has 7 nitrogen and oxygen atoms in total. The number of nitrogens with two attached hydrogens (primary N) is 1. The summed E-state index contributed by atoms with van der Waals surface area (Å²) in [6, 6.07) is 8.80. The molecule has 152 valence electrons. The molecule has 0 aliphatic rings. The Morgan fingerprint density at radius 3 is 2.73 bits per heavy atom. The summed E-state index contributed by atoms with van der Waals surface area (Å²) in [5.74, 6) is -0.603. The lowest BCUT2D eigenvalue weighted by atomic mass is 10.1. The number of aryl methyl sites for hydroxylation is 1. The summed E-state index contributed by atoms with van der Waals surface area (Å²) in [7, 11) is 0.